The monoisotopic (exact) mass is 446 g/mol. The van der Waals surface area contributed by atoms with Crippen LogP contribution in [0.15, 0.2) is 51.7 Å². The van der Waals surface area contributed by atoms with Crippen LogP contribution in [-0.4, -0.2) is 70.0 Å². The van der Waals surface area contributed by atoms with E-state index in [-0.39, 0.29) is 28.2 Å². The van der Waals surface area contributed by atoms with Crippen LogP contribution in [0.1, 0.15) is 0 Å². The second kappa shape index (κ2) is 8.77. The summed E-state index contributed by atoms with van der Waals surface area (Å²) in [6.07, 6.45) is -6.96. The summed E-state index contributed by atoms with van der Waals surface area (Å²) in [5, 5.41) is 49.2. The molecular formula is C22H22O10. The van der Waals surface area contributed by atoms with Crippen molar-refractivity contribution in [1.82, 2.24) is 0 Å². The molecule has 0 saturated carbocycles. The lowest BCUT2D eigenvalue weighted by molar-refractivity contribution is -0.277. The zero-order valence-electron chi connectivity index (χ0n) is 16.9. The van der Waals surface area contributed by atoms with Gasteiger partial charge >= 0.3 is 0 Å². The fraction of sp³-hybridized carbons (Fsp3) is 0.318. The Kier molecular flexibility index (Phi) is 6.04. The fourth-order valence-corrected chi connectivity index (χ4v) is 3.50. The van der Waals surface area contributed by atoms with Crippen LogP contribution in [0.4, 0.5) is 0 Å². The molecule has 5 N–H and O–H groups in total. The number of methoxy groups -OCH3 is 1. The van der Waals surface area contributed by atoms with Crippen LogP contribution in [0.3, 0.4) is 0 Å². The molecule has 4 rings (SSSR count). The Morgan fingerprint density at radius 1 is 0.969 bits per heavy atom. The van der Waals surface area contributed by atoms with Crippen LogP contribution in [0.2, 0.25) is 0 Å². The van der Waals surface area contributed by atoms with Gasteiger partial charge in [0, 0.05) is 23.8 Å². The number of aromatic hydroxyl groups is 1. The molecule has 0 radical (unpaired) electrons. The molecule has 0 amide bonds. The van der Waals surface area contributed by atoms with Crippen molar-refractivity contribution in [2.24, 2.45) is 0 Å². The van der Waals surface area contributed by atoms with Gasteiger partial charge in [0.05, 0.1) is 13.7 Å². The number of rotatable bonds is 5. The number of fused-ring (bicyclic) bond motifs is 1. The summed E-state index contributed by atoms with van der Waals surface area (Å²) < 4.78 is 21.7. The number of hydrogen-bond acceptors (Lipinski definition) is 10. The molecule has 2 aromatic carbocycles. The lowest BCUT2D eigenvalue weighted by Crippen LogP contribution is -2.60. The van der Waals surface area contributed by atoms with Gasteiger partial charge in [0.25, 0.3) is 0 Å². The Hall–Kier alpha value is -3.15. The zero-order chi connectivity index (χ0) is 23.0. The van der Waals surface area contributed by atoms with Gasteiger partial charge in [-0.2, -0.15) is 0 Å². The lowest BCUT2D eigenvalue weighted by Gasteiger charge is -2.39. The predicted octanol–water partition coefficient (Wildman–Crippen LogP) is 0.353. The average Bonchev–Trinajstić information content (AvgIpc) is 2.79. The highest BCUT2D eigenvalue weighted by atomic mass is 16.7. The molecule has 32 heavy (non-hydrogen) atoms. The van der Waals surface area contributed by atoms with Crippen molar-refractivity contribution in [3.63, 3.8) is 0 Å². The SMILES string of the molecule is COc1cc(O)c2c(=O)cc(-c3ccc(OC4O[C@H](CO)[C@@H](O)[C@H](O)[C@H]4O)cc3)oc2c1. The molecule has 3 aromatic rings. The molecule has 10 heteroatoms. The summed E-state index contributed by atoms with van der Waals surface area (Å²) in [7, 11) is 1.43. The van der Waals surface area contributed by atoms with E-state index in [1.165, 1.54) is 37.4 Å². The normalized spacial score (nSPS) is 25.6. The smallest absolute Gasteiger partial charge is 0.229 e. The summed E-state index contributed by atoms with van der Waals surface area (Å²) >= 11 is 0. The first-order valence-corrected chi connectivity index (χ1v) is 9.75. The first-order valence-electron chi connectivity index (χ1n) is 9.75. The Morgan fingerprint density at radius 3 is 2.34 bits per heavy atom. The van der Waals surface area contributed by atoms with E-state index < -0.39 is 42.7 Å². The minimum Gasteiger partial charge on any atom is -0.507 e. The lowest BCUT2D eigenvalue weighted by atomic mass is 9.99. The molecule has 1 aliphatic heterocycles. The maximum Gasteiger partial charge on any atom is 0.229 e. The van der Waals surface area contributed by atoms with Gasteiger partial charge in [-0.25, -0.2) is 0 Å². The van der Waals surface area contributed by atoms with Gasteiger partial charge in [0.1, 0.15) is 58.4 Å². The summed E-state index contributed by atoms with van der Waals surface area (Å²) in [6, 6.07) is 10.3. The van der Waals surface area contributed by atoms with Crippen molar-refractivity contribution in [3.8, 4) is 28.6 Å². The number of ether oxygens (including phenoxy) is 3. The number of benzene rings is 2. The second-order valence-corrected chi connectivity index (χ2v) is 7.33. The van der Waals surface area contributed by atoms with Gasteiger partial charge in [0.2, 0.25) is 6.29 Å². The van der Waals surface area contributed by atoms with Crippen molar-refractivity contribution >= 4 is 11.0 Å². The standard InChI is InChI=1S/C22H22O10/c1-29-12-6-13(24)18-14(25)8-15(31-16(18)7-12)10-2-4-11(5-3-10)30-22-21(28)20(27)19(26)17(9-23)32-22/h2-8,17,19-24,26-28H,9H2,1H3/t17-,19-,20+,21-,22?/m1/s1. The molecule has 10 nitrogen and oxygen atoms in total. The van der Waals surface area contributed by atoms with E-state index >= 15 is 0 Å². The fourth-order valence-electron chi connectivity index (χ4n) is 3.50. The van der Waals surface area contributed by atoms with Gasteiger partial charge in [-0.1, -0.05) is 0 Å². The minimum absolute atomic E-state index is 0.0390. The van der Waals surface area contributed by atoms with E-state index in [0.29, 0.717) is 11.3 Å². The van der Waals surface area contributed by atoms with E-state index in [9.17, 15) is 30.3 Å². The van der Waals surface area contributed by atoms with E-state index in [1.807, 2.05) is 0 Å². The quantitative estimate of drug-likeness (QED) is 0.370. The molecule has 1 aliphatic rings. The van der Waals surface area contributed by atoms with E-state index in [1.54, 1.807) is 12.1 Å². The van der Waals surface area contributed by atoms with Crippen molar-refractivity contribution in [2.75, 3.05) is 13.7 Å². The molecule has 1 aromatic heterocycles. The van der Waals surface area contributed by atoms with Gasteiger partial charge < -0.3 is 44.2 Å². The highest BCUT2D eigenvalue weighted by Crippen LogP contribution is 2.32. The van der Waals surface area contributed by atoms with Crippen LogP contribution in [0.25, 0.3) is 22.3 Å². The summed E-state index contributed by atoms with van der Waals surface area (Å²) in [5.41, 5.74) is 0.265. The Bertz CT molecular complexity index is 1150. The average molecular weight is 446 g/mol. The topological polar surface area (TPSA) is 159 Å². The predicted molar refractivity (Wildman–Crippen MR) is 111 cm³/mol. The largest absolute Gasteiger partial charge is 0.507 e. The molecule has 1 unspecified atom stereocenters. The van der Waals surface area contributed by atoms with E-state index in [0.717, 1.165) is 0 Å². The van der Waals surface area contributed by atoms with Gasteiger partial charge in [-0.05, 0) is 24.3 Å². The van der Waals surface area contributed by atoms with E-state index in [2.05, 4.69) is 0 Å². The summed E-state index contributed by atoms with van der Waals surface area (Å²) in [5.74, 6) is 0.594. The van der Waals surface area contributed by atoms with Gasteiger partial charge in [-0.15, -0.1) is 0 Å². The van der Waals surface area contributed by atoms with Gasteiger partial charge in [-0.3, -0.25) is 4.79 Å². The zero-order valence-corrected chi connectivity index (χ0v) is 16.9. The number of hydrogen-bond donors (Lipinski definition) is 5. The number of aliphatic hydroxyl groups excluding tert-OH is 4. The number of phenols is 1. The van der Waals surface area contributed by atoms with Crippen molar-refractivity contribution in [3.05, 3.63) is 52.7 Å². The molecule has 0 bridgehead atoms. The maximum absolute atomic E-state index is 12.5. The number of aliphatic hydroxyl groups is 4. The van der Waals surface area contributed by atoms with Crippen LogP contribution in [0, 0.1) is 0 Å². The molecule has 1 fully saturated rings. The molecule has 2 heterocycles. The Labute approximate surface area is 181 Å². The summed E-state index contributed by atoms with van der Waals surface area (Å²) in [4.78, 5) is 12.5. The van der Waals surface area contributed by atoms with Crippen LogP contribution in [0.5, 0.6) is 17.2 Å². The maximum atomic E-state index is 12.5. The van der Waals surface area contributed by atoms with E-state index in [4.69, 9.17) is 18.6 Å². The third-order valence-electron chi connectivity index (χ3n) is 5.26. The third kappa shape index (κ3) is 4.01. The molecular weight excluding hydrogens is 424 g/mol. The summed E-state index contributed by atoms with van der Waals surface area (Å²) in [6.45, 7) is -0.564. The highest BCUT2D eigenvalue weighted by Gasteiger charge is 2.44. The first kappa shape index (κ1) is 22.1. The van der Waals surface area contributed by atoms with Crippen LogP contribution < -0.4 is 14.9 Å². The van der Waals surface area contributed by atoms with Crippen LogP contribution >= 0.6 is 0 Å². The Balaban J connectivity index is 1.59. The molecule has 0 aliphatic carbocycles. The molecule has 0 spiro atoms. The molecule has 170 valence electrons. The Morgan fingerprint density at radius 2 is 1.69 bits per heavy atom. The van der Waals surface area contributed by atoms with Crippen molar-refractivity contribution in [2.45, 2.75) is 30.7 Å². The van der Waals surface area contributed by atoms with Crippen molar-refractivity contribution < 1.29 is 44.2 Å². The molecule has 5 atom stereocenters. The highest BCUT2D eigenvalue weighted by molar-refractivity contribution is 5.86. The molecule has 1 saturated heterocycles. The van der Waals surface area contributed by atoms with Crippen LogP contribution in [-0.2, 0) is 4.74 Å². The third-order valence-corrected chi connectivity index (χ3v) is 5.26. The number of phenolic OH excluding ortho intramolecular Hbond substituents is 1. The second-order valence-electron chi connectivity index (χ2n) is 7.33. The van der Waals surface area contributed by atoms with Gasteiger partial charge in [0.15, 0.2) is 5.43 Å². The first-order chi connectivity index (χ1) is 15.3. The minimum atomic E-state index is -1.55. The van der Waals surface area contributed by atoms with Crippen molar-refractivity contribution in [1.29, 1.82) is 0 Å².